The zero-order valence-electron chi connectivity index (χ0n) is 8.22. The molecule has 0 fully saturated rings. The molecule has 0 saturated heterocycles. The second kappa shape index (κ2) is 5.52. The van der Waals surface area contributed by atoms with Crippen LogP contribution in [0.3, 0.4) is 0 Å². The molecular weight excluding hydrogens is 158 g/mol. The lowest BCUT2D eigenvalue weighted by molar-refractivity contribution is 0.955. The fraction of sp³-hybridized carbons (Fsp3) is 0.417. The van der Waals surface area contributed by atoms with Gasteiger partial charge in [-0.25, -0.2) is 0 Å². The van der Waals surface area contributed by atoms with E-state index in [-0.39, 0.29) is 0 Å². The lowest BCUT2D eigenvalue weighted by atomic mass is 9.98. The molecule has 1 nitrogen and oxygen atoms in total. The highest BCUT2D eigenvalue weighted by Crippen LogP contribution is 2.18. The first kappa shape index (κ1) is 9.97. The van der Waals surface area contributed by atoms with Gasteiger partial charge in [0.25, 0.3) is 0 Å². The van der Waals surface area contributed by atoms with Gasteiger partial charge in [-0.3, -0.25) is 0 Å². The van der Waals surface area contributed by atoms with Gasteiger partial charge in [-0.05, 0) is 30.4 Å². The van der Waals surface area contributed by atoms with Crippen molar-refractivity contribution in [3.63, 3.8) is 0 Å². The maximum absolute atomic E-state index is 7.26. The highest BCUT2D eigenvalue weighted by atomic mass is 14.3. The van der Waals surface area contributed by atoms with Gasteiger partial charge in [0.1, 0.15) is 0 Å². The standard InChI is InChI=1S/C12H17N/c1-2-3-4-7-11-8-5-6-9-12(11)10-13/h4-5,7-8,10,13H,2-3,6,9H2,1H3/b7-4-,13-10?. The summed E-state index contributed by atoms with van der Waals surface area (Å²) >= 11 is 0. The Balaban J connectivity index is 2.68. The summed E-state index contributed by atoms with van der Waals surface area (Å²) in [4.78, 5) is 0. The van der Waals surface area contributed by atoms with Gasteiger partial charge in [-0.15, -0.1) is 0 Å². The summed E-state index contributed by atoms with van der Waals surface area (Å²) in [5.41, 5.74) is 2.38. The van der Waals surface area contributed by atoms with Gasteiger partial charge < -0.3 is 5.41 Å². The molecular formula is C12H17N. The third kappa shape index (κ3) is 3.02. The normalized spacial score (nSPS) is 17.0. The van der Waals surface area contributed by atoms with Crippen molar-refractivity contribution in [1.82, 2.24) is 0 Å². The molecule has 0 aliphatic heterocycles. The van der Waals surface area contributed by atoms with E-state index < -0.39 is 0 Å². The zero-order valence-corrected chi connectivity index (χ0v) is 8.22. The van der Waals surface area contributed by atoms with Crippen LogP contribution in [0.15, 0.2) is 35.5 Å². The Kier molecular flexibility index (Phi) is 4.24. The second-order valence-corrected chi connectivity index (χ2v) is 3.26. The SMILES string of the molecule is CCC/C=C\C1=C(C=N)CCC=C1. The number of hydrogen-bond donors (Lipinski definition) is 1. The van der Waals surface area contributed by atoms with Crippen molar-refractivity contribution in [2.75, 3.05) is 0 Å². The smallest absolute Gasteiger partial charge is 0.0215 e. The van der Waals surface area contributed by atoms with E-state index in [2.05, 4.69) is 31.2 Å². The Morgan fingerprint density at radius 1 is 1.54 bits per heavy atom. The summed E-state index contributed by atoms with van der Waals surface area (Å²) in [6, 6.07) is 0. The molecule has 0 aromatic carbocycles. The summed E-state index contributed by atoms with van der Waals surface area (Å²) < 4.78 is 0. The van der Waals surface area contributed by atoms with Crippen LogP contribution in [-0.4, -0.2) is 6.21 Å². The highest BCUT2D eigenvalue weighted by Gasteiger charge is 2.02. The molecule has 0 unspecified atom stereocenters. The fourth-order valence-corrected chi connectivity index (χ4v) is 1.40. The summed E-state index contributed by atoms with van der Waals surface area (Å²) in [5, 5.41) is 7.26. The van der Waals surface area contributed by atoms with Crippen LogP contribution in [0.5, 0.6) is 0 Å². The molecule has 0 aromatic heterocycles. The van der Waals surface area contributed by atoms with Crippen LogP contribution in [0.2, 0.25) is 0 Å². The third-order valence-corrected chi connectivity index (χ3v) is 2.18. The van der Waals surface area contributed by atoms with Crippen molar-refractivity contribution >= 4 is 6.21 Å². The fourth-order valence-electron chi connectivity index (χ4n) is 1.40. The Bertz CT molecular complexity index is 256. The van der Waals surface area contributed by atoms with Crippen LogP contribution in [-0.2, 0) is 0 Å². The molecule has 1 rings (SSSR count). The third-order valence-electron chi connectivity index (χ3n) is 2.18. The van der Waals surface area contributed by atoms with E-state index in [9.17, 15) is 0 Å². The molecule has 0 radical (unpaired) electrons. The van der Waals surface area contributed by atoms with Gasteiger partial charge in [0.15, 0.2) is 0 Å². The lowest BCUT2D eigenvalue weighted by Crippen LogP contribution is -1.93. The predicted octanol–water partition coefficient (Wildman–Crippen LogP) is 3.64. The summed E-state index contributed by atoms with van der Waals surface area (Å²) in [6.07, 6.45) is 14.5. The Hall–Kier alpha value is -1.11. The number of allylic oxidation sites excluding steroid dienone is 6. The predicted molar refractivity (Wildman–Crippen MR) is 58.2 cm³/mol. The van der Waals surface area contributed by atoms with E-state index in [0.29, 0.717) is 0 Å². The first-order valence-electron chi connectivity index (χ1n) is 4.95. The first-order chi connectivity index (χ1) is 6.38. The first-order valence-corrected chi connectivity index (χ1v) is 4.95. The van der Waals surface area contributed by atoms with Crippen LogP contribution in [0, 0.1) is 5.41 Å². The maximum atomic E-state index is 7.26. The molecule has 70 valence electrons. The molecule has 0 bridgehead atoms. The summed E-state index contributed by atoms with van der Waals surface area (Å²) in [5.74, 6) is 0. The summed E-state index contributed by atoms with van der Waals surface area (Å²) in [6.45, 7) is 2.17. The lowest BCUT2D eigenvalue weighted by Gasteiger charge is -2.08. The van der Waals surface area contributed by atoms with Gasteiger partial charge in [-0.2, -0.15) is 0 Å². The molecule has 0 atom stereocenters. The van der Waals surface area contributed by atoms with Crippen molar-refractivity contribution in [1.29, 1.82) is 5.41 Å². The van der Waals surface area contributed by atoms with Gasteiger partial charge >= 0.3 is 0 Å². The van der Waals surface area contributed by atoms with Crippen molar-refractivity contribution in [3.8, 4) is 0 Å². The molecule has 1 aliphatic carbocycles. The largest absolute Gasteiger partial charge is 0.308 e. The van der Waals surface area contributed by atoms with Gasteiger partial charge in [-0.1, -0.05) is 37.6 Å². The van der Waals surface area contributed by atoms with Crippen LogP contribution in [0.25, 0.3) is 0 Å². The molecule has 0 saturated carbocycles. The topological polar surface area (TPSA) is 23.9 Å². The van der Waals surface area contributed by atoms with E-state index in [1.54, 1.807) is 0 Å². The summed E-state index contributed by atoms with van der Waals surface area (Å²) in [7, 11) is 0. The zero-order chi connectivity index (χ0) is 9.52. The number of unbranched alkanes of at least 4 members (excludes halogenated alkanes) is 1. The molecule has 0 aromatic rings. The molecule has 1 heteroatoms. The Morgan fingerprint density at radius 3 is 3.08 bits per heavy atom. The van der Waals surface area contributed by atoms with E-state index in [1.807, 2.05) is 0 Å². The molecule has 1 aliphatic rings. The average Bonchev–Trinajstić information content (AvgIpc) is 2.19. The van der Waals surface area contributed by atoms with Crippen LogP contribution in [0.4, 0.5) is 0 Å². The average molecular weight is 175 g/mol. The molecule has 13 heavy (non-hydrogen) atoms. The molecule has 0 spiro atoms. The van der Waals surface area contributed by atoms with E-state index in [0.717, 1.165) is 24.8 Å². The van der Waals surface area contributed by atoms with Crippen molar-refractivity contribution in [3.05, 3.63) is 35.5 Å². The number of rotatable bonds is 4. The van der Waals surface area contributed by atoms with Gasteiger partial charge in [0.05, 0.1) is 0 Å². The Morgan fingerprint density at radius 2 is 2.38 bits per heavy atom. The minimum atomic E-state index is 1.02. The van der Waals surface area contributed by atoms with E-state index >= 15 is 0 Å². The molecule has 0 amide bonds. The van der Waals surface area contributed by atoms with Crippen LogP contribution < -0.4 is 0 Å². The van der Waals surface area contributed by atoms with Gasteiger partial charge in [0, 0.05) is 6.21 Å². The van der Waals surface area contributed by atoms with Crippen LogP contribution in [0.1, 0.15) is 32.6 Å². The van der Waals surface area contributed by atoms with Crippen molar-refractivity contribution in [2.24, 2.45) is 0 Å². The van der Waals surface area contributed by atoms with Gasteiger partial charge in [0.2, 0.25) is 0 Å². The quantitative estimate of drug-likeness (QED) is 0.631. The number of hydrogen-bond acceptors (Lipinski definition) is 1. The van der Waals surface area contributed by atoms with E-state index in [4.69, 9.17) is 5.41 Å². The minimum Gasteiger partial charge on any atom is -0.308 e. The molecule has 0 heterocycles. The van der Waals surface area contributed by atoms with E-state index in [1.165, 1.54) is 18.2 Å². The Labute approximate surface area is 80.4 Å². The number of nitrogens with one attached hydrogen (secondary N) is 1. The maximum Gasteiger partial charge on any atom is 0.0215 e. The van der Waals surface area contributed by atoms with Crippen molar-refractivity contribution in [2.45, 2.75) is 32.6 Å². The highest BCUT2D eigenvalue weighted by molar-refractivity contribution is 5.79. The van der Waals surface area contributed by atoms with Crippen LogP contribution >= 0.6 is 0 Å². The molecule has 1 N–H and O–H groups in total. The second-order valence-electron chi connectivity index (χ2n) is 3.26. The van der Waals surface area contributed by atoms with Crippen molar-refractivity contribution < 1.29 is 0 Å². The monoisotopic (exact) mass is 175 g/mol. The minimum absolute atomic E-state index is 1.02.